The smallest absolute Gasteiger partial charge is 0.274 e. The summed E-state index contributed by atoms with van der Waals surface area (Å²) in [5.41, 5.74) is 1.61. The van der Waals surface area contributed by atoms with E-state index in [-0.39, 0.29) is 5.69 Å². The van der Waals surface area contributed by atoms with Crippen molar-refractivity contribution in [3.05, 3.63) is 76.3 Å². The molecule has 1 amide bonds. The van der Waals surface area contributed by atoms with E-state index in [9.17, 15) is 4.79 Å². The van der Waals surface area contributed by atoms with Gasteiger partial charge < -0.3 is 10.6 Å². The van der Waals surface area contributed by atoms with Gasteiger partial charge >= 0.3 is 0 Å². The largest absolute Gasteiger partial charge is 0.350 e. The fourth-order valence-corrected chi connectivity index (χ4v) is 2.37. The SMILES string of the molecule is O=C(Nc1cc(Cl)ccc1Cl)c1ccnc(NCc2cccnc2)n1. The number of hydrogen-bond donors (Lipinski definition) is 2. The number of nitrogens with zero attached hydrogens (tertiary/aromatic N) is 3. The van der Waals surface area contributed by atoms with Crippen LogP contribution >= 0.6 is 23.2 Å². The monoisotopic (exact) mass is 373 g/mol. The van der Waals surface area contributed by atoms with Gasteiger partial charge in [0.25, 0.3) is 5.91 Å². The Labute approximate surface area is 154 Å². The fraction of sp³-hybridized carbons (Fsp3) is 0.0588. The summed E-state index contributed by atoms with van der Waals surface area (Å²) in [4.78, 5) is 24.7. The van der Waals surface area contributed by atoms with Crippen molar-refractivity contribution in [1.29, 1.82) is 0 Å². The van der Waals surface area contributed by atoms with E-state index in [2.05, 4.69) is 25.6 Å². The molecule has 25 heavy (non-hydrogen) atoms. The molecule has 3 aromatic rings. The molecule has 0 spiro atoms. The molecule has 6 nitrogen and oxygen atoms in total. The molecule has 2 aromatic heterocycles. The highest BCUT2D eigenvalue weighted by Gasteiger charge is 2.11. The summed E-state index contributed by atoms with van der Waals surface area (Å²) in [7, 11) is 0. The number of carbonyl (C=O) groups excluding carboxylic acids is 1. The predicted molar refractivity (Wildman–Crippen MR) is 98.0 cm³/mol. The van der Waals surface area contributed by atoms with Crippen LogP contribution in [-0.4, -0.2) is 20.9 Å². The highest BCUT2D eigenvalue weighted by atomic mass is 35.5. The summed E-state index contributed by atoms with van der Waals surface area (Å²) in [5, 5.41) is 6.60. The van der Waals surface area contributed by atoms with Crippen LogP contribution < -0.4 is 10.6 Å². The fourth-order valence-electron chi connectivity index (χ4n) is 2.03. The maximum atomic E-state index is 12.4. The number of benzene rings is 1. The summed E-state index contributed by atoms with van der Waals surface area (Å²) < 4.78 is 0. The molecule has 2 N–H and O–H groups in total. The number of amides is 1. The molecular weight excluding hydrogens is 361 g/mol. The molecule has 2 heterocycles. The van der Waals surface area contributed by atoms with E-state index in [1.807, 2.05) is 12.1 Å². The summed E-state index contributed by atoms with van der Waals surface area (Å²) >= 11 is 12.0. The van der Waals surface area contributed by atoms with Crippen LogP contribution in [0.25, 0.3) is 0 Å². The molecule has 1 aromatic carbocycles. The molecule has 0 bridgehead atoms. The van der Waals surface area contributed by atoms with Gasteiger partial charge in [-0.1, -0.05) is 29.3 Å². The Morgan fingerprint density at radius 2 is 2.00 bits per heavy atom. The molecule has 0 saturated heterocycles. The van der Waals surface area contributed by atoms with Crippen molar-refractivity contribution in [3.8, 4) is 0 Å². The third-order valence-corrected chi connectivity index (χ3v) is 3.80. The Kier molecular flexibility index (Phi) is 5.42. The molecule has 0 aliphatic heterocycles. The molecule has 126 valence electrons. The van der Waals surface area contributed by atoms with E-state index in [1.165, 1.54) is 12.3 Å². The van der Waals surface area contributed by atoms with E-state index in [1.54, 1.807) is 30.6 Å². The van der Waals surface area contributed by atoms with E-state index >= 15 is 0 Å². The Bertz CT molecular complexity index is 889. The lowest BCUT2D eigenvalue weighted by atomic mass is 10.3. The van der Waals surface area contributed by atoms with E-state index < -0.39 is 5.91 Å². The van der Waals surface area contributed by atoms with Crippen LogP contribution in [0.4, 0.5) is 11.6 Å². The molecule has 0 unspecified atom stereocenters. The first-order valence-corrected chi connectivity index (χ1v) is 8.09. The number of hydrogen-bond acceptors (Lipinski definition) is 5. The molecule has 0 atom stereocenters. The van der Waals surface area contributed by atoms with Crippen molar-refractivity contribution in [2.24, 2.45) is 0 Å². The first-order chi connectivity index (χ1) is 12.1. The Morgan fingerprint density at radius 1 is 1.12 bits per heavy atom. The normalized spacial score (nSPS) is 10.3. The quantitative estimate of drug-likeness (QED) is 0.705. The number of anilines is 2. The molecule has 0 aliphatic rings. The van der Waals surface area contributed by atoms with Gasteiger partial charge in [-0.05, 0) is 35.9 Å². The maximum Gasteiger partial charge on any atom is 0.274 e. The average molecular weight is 374 g/mol. The third-order valence-electron chi connectivity index (χ3n) is 3.24. The van der Waals surface area contributed by atoms with Gasteiger partial charge in [0.05, 0.1) is 10.7 Å². The summed E-state index contributed by atoms with van der Waals surface area (Å²) in [6.45, 7) is 0.499. The lowest BCUT2D eigenvalue weighted by Gasteiger charge is -2.09. The number of pyridine rings is 1. The Hall–Kier alpha value is -2.70. The van der Waals surface area contributed by atoms with Gasteiger partial charge in [0.2, 0.25) is 5.95 Å². The number of carbonyl (C=O) groups is 1. The third kappa shape index (κ3) is 4.65. The van der Waals surface area contributed by atoms with Crippen LogP contribution in [0.1, 0.15) is 16.1 Å². The topological polar surface area (TPSA) is 79.8 Å². The Balaban J connectivity index is 1.70. The molecule has 0 radical (unpaired) electrons. The highest BCUT2D eigenvalue weighted by molar-refractivity contribution is 6.35. The van der Waals surface area contributed by atoms with Gasteiger partial charge in [-0.2, -0.15) is 0 Å². The number of aromatic nitrogens is 3. The zero-order chi connectivity index (χ0) is 17.6. The first-order valence-electron chi connectivity index (χ1n) is 7.34. The van der Waals surface area contributed by atoms with Crippen molar-refractivity contribution >= 4 is 40.7 Å². The van der Waals surface area contributed by atoms with Crippen molar-refractivity contribution in [1.82, 2.24) is 15.0 Å². The molecule has 0 saturated carbocycles. The predicted octanol–water partition coefficient (Wildman–Crippen LogP) is 4.04. The van der Waals surface area contributed by atoms with Crippen molar-refractivity contribution in [2.75, 3.05) is 10.6 Å². The maximum absolute atomic E-state index is 12.4. The zero-order valence-corrected chi connectivity index (χ0v) is 14.4. The lowest BCUT2D eigenvalue weighted by molar-refractivity contribution is 0.102. The first kappa shape index (κ1) is 17.1. The van der Waals surface area contributed by atoms with Crippen molar-refractivity contribution < 1.29 is 4.79 Å². The van der Waals surface area contributed by atoms with Gasteiger partial charge in [0.1, 0.15) is 5.69 Å². The van der Waals surface area contributed by atoms with E-state index in [0.717, 1.165) is 5.56 Å². The summed E-state index contributed by atoms with van der Waals surface area (Å²) in [5.74, 6) is -0.0651. The van der Waals surface area contributed by atoms with Crippen LogP contribution in [-0.2, 0) is 6.54 Å². The van der Waals surface area contributed by atoms with Crippen LogP contribution in [0.5, 0.6) is 0 Å². The second kappa shape index (κ2) is 7.92. The second-order valence-corrected chi connectivity index (χ2v) is 5.90. The minimum atomic E-state index is -0.406. The van der Waals surface area contributed by atoms with Gasteiger partial charge in [0.15, 0.2) is 0 Å². The van der Waals surface area contributed by atoms with Gasteiger partial charge in [-0.15, -0.1) is 0 Å². The van der Waals surface area contributed by atoms with Gasteiger partial charge in [-0.25, -0.2) is 9.97 Å². The van der Waals surface area contributed by atoms with Gasteiger partial charge in [0, 0.05) is 30.2 Å². The number of rotatable bonds is 5. The minimum Gasteiger partial charge on any atom is -0.350 e. The average Bonchev–Trinajstić information content (AvgIpc) is 2.64. The van der Waals surface area contributed by atoms with E-state index in [4.69, 9.17) is 23.2 Å². The summed E-state index contributed by atoms with van der Waals surface area (Å²) in [6.07, 6.45) is 4.95. The summed E-state index contributed by atoms with van der Waals surface area (Å²) in [6, 6.07) is 10.1. The lowest BCUT2D eigenvalue weighted by Crippen LogP contribution is -2.15. The van der Waals surface area contributed by atoms with Crippen molar-refractivity contribution in [2.45, 2.75) is 6.54 Å². The molecule has 0 aliphatic carbocycles. The minimum absolute atomic E-state index is 0.208. The number of nitrogens with one attached hydrogen (secondary N) is 2. The molecule has 3 rings (SSSR count). The molecule has 0 fully saturated rings. The zero-order valence-electron chi connectivity index (χ0n) is 12.9. The van der Waals surface area contributed by atoms with Crippen LogP contribution in [0.15, 0.2) is 55.0 Å². The van der Waals surface area contributed by atoms with Gasteiger partial charge in [-0.3, -0.25) is 9.78 Å². The molecule has 8 heteroatoms. The molecular formula is C17H13Cl2N5O. The van der Waals surface area contributed by atoms with Crippen LogP contribution in [0.2, 0.25) is 10.0 Å². The van der Waals surface area contributed by atoms with Crippen LogP contribution in [0.3, 0.4) is 0 Å². The standard InChI is InChI=1S/C17H13Cl2N5O/c18-12-3-4-13(19)15(8-12)23-16(25)14-5-7-21-17(24-14)22-10-11-2-1-6-20-9-11/h1-9H,10H2,(H,23,25)(H,21,22,24). The van der Waals surface area contributed by atoms with Crippen molar-refractivity contribution in [3.63, 3.8) is 0 Å². The Morgan fingerprint density at radius 3 is 2.80 bits per heavy atom. The highest BCUT2D eigenvalue weighted by Crippen LogP contribution is 2.25. The van der Waals surface area contributed by atoms with Crippen LogP contribution in [0, 0.1) is 0 Å². The second-order valence-electron chi connectivity index (χ2n) is 5.06. The van der Waals surface area contributed by atoms with E-state index in [0.29, 0.717) is 28.2 Å². The number of halogens is 2.